The van der Waals surface area contributed by atoms with E-state index < -0.39 is 26.8 Å². The van der Waals surface area contributed by atoms with Gasteiger partial charge >= 0.3 is 76.5 Å². The molecule has 30 N–H and O–H groups in total. The molecule has 0 aliphatic rings. The van der Waals surface area contributed by atoms with Gasteiger partial charge in [0.1, 0.15) is 0 Å². The zero-order chi connectivity index (χ0) is 12.6. The number of aliphatic carboxylic acids is 1. The van der Waals surface area contributed by atoms with Crippen molar-refractivity contribution < 1.29 is 186 Å². The number of carbonyl (C=O) groups excluding carboxylic acids is 1. The fourth-order valence-corrected chi connectivity index (χ4v) is 0. The average molecular weight is 594 g/mol. The molecule has 208 valence electrons. The maximum absolute atomic E-state index is 8.89. The number of carbonyl (C=O) groups is 1. The average Bonchev–Trinajstić information content (AvgIpc) is 1.45. The molecule has 0 atom stereocenters. The van der Waals surface area contributed by atoms with Crippen molar-refractivity contribution in [3.05, 3.63) is 0 Å². The van der Waals surface area contributed by atoms with E-state index in [1.807, 2.05) is 0 Å². The first kappa shape index (κ1) is 232. The molecule has 0 saturated heterocycles. The maximum atomic E-state index is 8.89. The summed E-state index contributed by atoms with van der Waals surface area (Å²) in [5.41, 5.74) is 0. The quantitative estimate of drug-likeness (QED) is 0.145. The molecule has 0 aromatic rings. The summed E-state index contributed by atoms with van der Waals surface area (Å²) < 4.78 is 68.2. The van der Waals surface area contributed by atoms with E-state index in [1.165, 1.54) is 0 Å². The normalized spacial score (nSPS) is 4.41. The van der Waals surface area contributed by atoms with E-state index in [-0.39, 0.29) is 159 Å². The van der Waals surface area contributed by atoms with Crippen molar-refractivity contribution in [2.75, 3.05) is 0 Å². The maximum Gasteiger partial charge on any atom is 3.00 e. The van der Waals surface area contributed by atoms with Crippen LogP contribution in [0.3, 0.4) is 0 Å². The molecular formula is C2H33AlNa2O25S2. The van der Waals surface area contributed by atoms with E-state index in [4.69, 9.17) is 44.9 Å². The Hall–Kier alpha value is 1.14. The first-order valence-corrected chi connectivity index (χ1v) is 4.91. The van der Waals surface area contributed by atoms with Crippen LogP contribution >= 0.6 is 0 Å². The second-order valence-electron chi connectivity index (χ2n) is 1.31. The van der Waals surface area contributed by atoms with Gasteiger partial charge in [0.05, 0.1) is 0 Å². The molecule has 0 aliphatic carbocycles. The van der Waals surface area contributed by atoms with Gasteiger partial charge in [-0.15, -0.1) is 0 Å². The van der Waals surface area contributed by atoms with Gasteiger partial charge in [-0.3, -0.25) is 16.8 Å². The molecule has 0 unspecified atom stereocenters. The van der Waals surface area contributed by atoms with Crippen molar-refractivity contribution in [2.45, 2.75) is 6.92 Å². The second kappa shape index (κ2) is 120. The first-order valence-electron chi connectivity index (χ1n) is 2.24. The minimum absolute atomic E-state index is 0. The van der Waals surface area contributed by atoms with E-state index in [2.05, 4.69) is 0 Å². The van der Waals surface area contributed by atoms with E-state index in [0.717, 1.165) is 6.92 Å². The van der Waals surface area contributed by atoms with Crippen molar-refractivity contribution in [1.82, 2.24) is 0 Å². The van der Waals surface area contributed by atoms with Crippen molar-refractivity contribution in [1.29, 1.82) is 0 Å². The molecule has 0 heterocycles. The summed E-state index contributed by atoms with van der Waals surface area (Å²) >= 11 is 0. The monoisotopic (exact) mass is 594 g/mol. The number of carboxylic acids is 1. The summed E-state index contributed by atoms with van der Waals surface area (Å²) in [6, 6.07) is 0. The van der Waals surface area contributed by atoms with Crippen LogP contribution in [0.1, 0.15) is 6.92 Å². The standard InChI is InChI=1S/C2H4O2.Al.2Na.2H2O4S.15H2O/c1-2(3)4;;;;2*1-5(2,3)4;;;;;;;;;;;;;;;/h1H3,(H,3,4);;;;2*(H2,1,2,3,4);15*1H2/q;+3;2*+1;;;;;;;;;;;;;;;;;/p-5. The Balaban J connectivity index is -0.00000000234. The molecular weight excluding hydrogens is 561 g/mol. The van der Waals surface area contributed by atoms with Gasteiger partial charge in [-0.2, -0.15) is 0 Å². The molecule has 0 rings (SSSR count). The predicted molar refractivity (Wildman–Crippen MR) is 91.6 cm³/mol. The van der Waals surface area contributed by atoms with Crippen LogP contribution in [0.2, 0.25) is 0 Å². The number of carboxylic acid groups (broad SMARTS) is 1. The Morgan fingerprint density at radius 2 is 0.469 bits per heavy atom. The Bertz CT molecular complexity index is 304. The summed E-state index contributed by atoms with van der Waals surface area (Å²) in [7, 11) is -10.3. The molecule has 25 nitrogen and oxygen atoms in total. The van der Waals surface area contributed by atoms with Crippen molar-refractivity contribution in [2.24, 2.45) is 0 Å². The fraction of sp³-hybridized carbons (Fsp3) is 0.500. The molecule has 0 aliphatic heterocycles. The minimum atomic E-state index is -5.17. The minimum Gasteiger partial charge on any atom is -0.759 e. The molecule has 32 heavy (non-hydrogen) atoms. The first-order chi connectivity index (χ1) is 5.73. The van der Waals surface area contributed by atoms with Crippen molar-refractivity contribution >= 4 is 44.1 Å². The third-order valence-electron chi connectivity index (χ3n) is 0. The summed E-state index contributed by atoms with van der Waals surface area (Å²) in [5.74, 6) is -1.08. The van der Waals surface area contributed by atoms with Gasteiger partial charge < -0.3 is 110 Å². The zero-order valence-corrected chi connectivity index (χ0v) is 23.3. The molecule has 0 saturated carbocycles. The number of rotatable bonds is 0. The molecule has 0 aromatic heterocycles. The van der Waals surface area contributed by atoms with Gasteiger partial charge in [0.2, 0.25) is 0 Å². The number of hydrogen-bond donors (Lipinski definition) is 0. The summed E-state index contributed by atoms with van der Waals surface area (Å²) in [4.78, 5) is 8.89. The third kappa shape index (κ3) is 21700. The Labute approximate surface area is 235 Å². The summed E-state index contributed by atoms with van der Waals surface area (Å²) in [6.07, 6.45) is 0. The van der Waals surface area contributed by atoms with E-state index >= 15 is 0 Å². The third-order valence-corrected chi connectivity index (χ3v) is 0. The van der Waals surface area contributed by atoms with Gasteiger partial charge in [0.15, 0.2) is 0 Å². The van der Waals surface area contributed by atoms with Gasteiger partial charge in [-0.1, -0.05) is 0 Å². The molecule has 0 spiro atoms. The van der Waals surface area contributed by atoms with Crippen LogP contribution in [0, 0.1) is 0 Å². The molecule has 0 aromatic carbocycles. The van der Waals surface area contributed by atoms with Crippen molar-refractivity contribution in [3.8, 4) is 0 Å². The van der Waals surface area contributed by atoms with Crippen LogP contribution in [-0.2, 0) is 25.6 Å². The van der Waals surface area contributed by atoms with Crippen LogP contribution in [0.15, 0.2) is 0 Å². The number of hydrogen-bond acceptors (Lipinski definition) is 10. The largest absolute Gasteiger partial charge is 3.00 e. The van der Waals surface area contributed by atoms with E-state index in [1.54, 1.807) is 0 Å². The molecule has 0 amide bonds. The van der Waals surface area contributed by atoms with Gasteiger partial charge in [-0.05, 0) is 6.92 Å². The Kier molecular flexibility index (Phi) is 868. The van der Waals surface area contributed by atoms with Gasteiger partial charge in [-0.25, -0.2) is 0 Å². The molecule has 0 fully saturated rings. The Morgan fingerprint density at radius 3 is 0.469 bits per heavy atom. The smallest absolute Gasteiger partial charge is 0.759 e. The molecule has 0 radical (unpaired) electrons. The van der Waals surface area contributed by atoms with Crippen LogP contribution in [-0.4, -0.2) is 141 Å². The van der Waals surface area contributed by atoms with Crippen LogP contribution in [0.5, 0.6) is 0 Å². The van der Waals surface area contributed by atoms with Crippen molar-refractivity contribution in [3.63, 3.8) is 0 Å². The summed E-state index contributed by atoms with van der Waals surface area (Å²) in [6.45, 7) is 0.972. The fourth-order valence-electron chi connectivity index (χ4n) is 0. The SMILES string of the molecule is CC(=O)[O-].O.O.O.O.O.O.O.O.O.O.O.O.O.O.O.O=S(=O)([O-])[O-].O=S(=O)([O-])[O-].[Al+3].[Na+].[Na+]. The van der Waals surface area contributed by atoms with Gasteiger partial charge in [0, 0.05) is 26.8 Å². The molecule has 30 heteroatoms. The molecule has 0 bridgehead atoms. The topological polar surface area (TPSA) is 673 Å². The Morgan fingerprint density at radius 1 is 0.469 bits per heavy atom. The van der Waals surface area contributed by atoms with Gasteiger partial charge in [0.25, 0.3) is 0 Å². The van der Waals surface area contributed by atoms with Crippen LogP contribution in [0.4, 0.5) is 0 Å². The second-order valence-corrected chi connectivity index (χ2v) is 2.94. The van der Waals surface area contributed by atoms with E-state index in [0.29, 0.717) is 0 Å². The predicted octanol–water partition coefficient (Wildman–Crippen LogP) is -22.7. The summed E-state index contributed by atoms with van der Waals surface area (Å²) in [5, 5.41) is 8.89. The van der Waals surface area contributed by atoms with Crippen LogP contribution < -0.4 is 64.2 Å². The van der Waals surface area contributed by atoms with Crippen LogP contribution in [0.25, 0.3) is 0 Å². The zero-order valence-electron chi connectivity index (χ0n) is 16.5. The van der Waals surface area contributed by atoms with E-state index in [9.17, 15) is 0 Å².